The number of nitrogen functional groups attached to an aromatic ring is 1. The second kappa shape index (κ2) is 7.74. The number of benzene rings is 1. The summed E-state index contributed by atoms with van der Waals surface area (Å²) in [6.07, 6.45) is 9.19. The van der Waals surface area contributed by atoms with Crippen LogP contribution in [0.2, 0.25) is 0 Å². The minimum Gasteiger partial charge on any atom is -0.474 e. The summed E-state index contributed by atoms with van der Waals surface area (Å²) in [6, 6.07) is 14.5. The smallest absolute Gasteiger partial charge is 0.214 e. The first-order valence-corrected chi connectivity index (χ1v) is 10.5. The van der Waals surface area contributed by atoms with E-state index in [9.17, 15) is 0 Å². The summed E-state index contributed by atoms with van der Waals surface area (Å²) >= 11 is 0. The van der Waals surface area contributed by atoms with Crippen LogP contribution in [0.15, 0.2) is 54.9 Å². The van der Waals surface area contributed by atoms with Crippen molar-refractivity contribution >= 4 is 11.5 Å². The molecule has 1 saturated heterocycles. The summed E-state index contributed by atoms with van der Waals surface area (Å²) in [6.45, 7) is 1.89. The van der Waals surface area contributed by atoms with Gasteiger partial charge in [-0.15, -0.1) is 0 Å². The zero-order chi connectivity index (χ0) is 19.6. The van der Waals surface area contributed by atoms with Crippen molar-refractivity contribution in [3.63, 3.8) is 0 Å². The highest BCUT2D eigenvalue weighted by molar-refractivity contribution is 5.80. The molecule has 0 atom stereocenters. The summed E-state index contributed by atoms with van der Waals surface area (Å²) < 4.78 is 6.24. The number of hydrogen-bond acceptors (Lipinski definition) is 5. The van der Waals surface area contributed by atoms with Crippen molar-refractivity contribution in [1.29, 1.82) is 0 Å². The maximum Gasteiger partial charge on any atom is 0.214 e. The van der Waals surface area contributed by atoms with Crippen LogP contribution in [0.5, 0.6) is 5.88 Å². The molecule has 0 bridgehead atoms. The van der Waals surface area contributed by atoms with Gasteiger partial charge in [0.1, 0.15) is 11.9 Å². The Labute approximate surface area is 171 Å². The molecule has 1 aromatic carbocycles. The van der Waals surface area contributed by atoms with Gasteiger partial charge < -0.3 is 15.4 Å². The molecule has 0 radical (unpaired) electrons. The van der Waals surface area contributed by atoms with Gasteiger partial charge in [-0.05, 0) is 54.2 Å². The zero-order valence-corrected chi connectivity index (χ0v) is 16.6. The summed E-state index contributed by atoms with van der Waals surface area (Å²) in [5.74, 6) is 1.72. The first-order valence-electron chi connectivity index (χ1n) is 10.5. The van der Waals surface area contributed by atoms with E-state index < -0.39 is 0 Å². The molecule has 0 amide bonds. The van der Waals surface area contributed by atoms with Gasteiger partial charge in [-0.2, -0.15) is 0 Å². The minimum absolute atomic E-state index is 0.176. The van der Waals surface area contributed by atoms with Crippen LogP contribution >= 0.6 is 0 Å². The lowest BCUT2D eigenvalue weighted by molar-refractivity contribution is 0.164. The van der Waals surface area contributed by atoms with Crippen LogP contribution in [0.1, 0.15) is 30.4 Å². The molecular weight excluding hydrogens is 360 g/mol. The Bertz CT molecular complexity index is 997. The molecule has 148 valence electrons. The first-order chi connectivity index (χ1) is 14.3. The largest absolute Gasteiger partial charge is 0.474 e. The van der Waals surface area contributed by atoms with Crippen LogP contribution in [0.3, 0.4) is 0 Å². The monoisotopic (exact) mass is 386 g/mol. The van der Waals surface area contributed by atoms with E-state index in [4.69, 9.17) is 10.5 Å². The van der Waals surface area contributed by atoms with Crippen LogP contribution in [0, 0.1) is 0 Å². The van der Waals surface area contributed by atoms with Gasteiger partial charge in [0, 0.05) is 55.6 Å². The second-order valence-electron chi connectivity index (χ2n) is 7.89. The Morgan fingerprint density at radius 2 is 1.86 bits per heavy atom. The maximum absolute atomic E-state index is 6.50. The van der Waals surface area contributed by atoms with Crippen LogP contribution in [0.25, 0.3) is 11.1 Å². The quantitative estimate of drug-likeness (QED) is 0.679. The zero-order valence-electron chi connectivity index (χ0n) is 16.6. The Morgan fingerprint density at radius 1 is 0.966 bits per heavy atom. The highest BCUT2D eigenvalue weighted by Gasteiger charge is 2.22. The van der Waals surface area contributed by atoms with Crippen molar-refractivity contribution in [1.82, 2.24) is 9.97 Å². The number of aromatic nitrogens is 2. The number of hydrogen-bond donors (Lipinski definition) is 1. The molecule has 0 unspecified atom stereocenters. The average molecular weight is 386 g/mol. The molecule has 3 heterocycles. The van der Waals surface area contributed by atoms with Gasteiger partial charge in [0.15, 0.2) is 0 Å². The molecule has 29 heavy (non-hydrogen) atoms. The number of anilines is 2. The number of fused-ring (bicyclic) bond motifs is 1. The number of rotatable bonds is 4. The van der Waals surface area contributed by atoms with E-state index in [1.807, 2.05) is 36.7 Å². The Balaban J connectivity index is 1.28. The van der Waals surface area contributed by atoms with E-state index in [-0.39, 0.29) is 6.10 Å². The van der Waals surface area contributed by atoms with Crippen molar-refractivity contribution in [3.8, 4) is 17.0 Å². The van der Waals surface area contributed by atoms with Gasteiger partial charge in [-0.1, -0.05) is 18.2 Å². The second-order valence-corrected chi connectivity index (χ2v) is 7.89. The third-order valence-electron chi connectivity index (χ3n) is 6.08. The number of nitrogens with two attached hydrogens (primary N) is 1. The minimum atomic E-state index is 0.176. The predicted molar refractivity (Wildman–Crippen MR) is 116 cm³/mol. The van der Waals surface area contributed by atoms with Gasteiger partial charge in [0.05, 0.1) is 0 Å². The molecule has 5 nitrogen and oxygen atoms in total. The topological polar surface area (TPSA) is 64.3 Å². The molecule has 3 aromatic rings. The number of ether oxygens (including phenoxy) is 1. The van der Waals surface area contributed by atoms with Gasteiger partial charge in [-0.25, -0.2) is 9.97 Å². The molecule has 0 saturated carbocycles. The molecule has 0 spiro atoms. The normalized spacial score (nSPS) is 16.6. The van der Waals surface area contributed by atoms with Gasteiger partial charge in [0.25, 0.3) is 0 Å². The van der Waals surface area contributed by atoms with Crippen molar-refractivity contribution in [3.05, 3.63) is 66.0 Å². The lowest BCUT2D eigenvalue weighted by Crippen LogP contribution is -2.38. The fourth-order valence-corrected chi connectivity index (χ4v) is 4.50. The number of pyridine rings is 2. The van der Waals surface area contributed by atoms with E-state index in [0.29, 0.717) is 5.88 Å². The van der Waals surface area contributed by atoms with E-state index in [1.165, 1.54) is 17.5 Å². The average Bonchev–Trinajstić information content (AvgIpc) is 3.25. The Morgan fingerprint density at radius 3 is 2.69 bits per heavy atom. The van der Waals surface area contributed by atoms with Gasteiger partial charge >= 0.3 is 0 Å². The third-order valence-corrected chi connectivity index (χ3v) is 6.08. The Hall–Kier alpha value is -3.08. The first kappa shape index (κ1) is 18.0. The van der Waals surface area contributed by atoms with Crippen molar-refractivity contribution in [2.75, 3.05) is 23.7 Å². The molecule has 5 heteroatoms. The molecule has 2 aliphatic rings. The van der Waals surface area contributed by atoms with Crippen LogP contribution in [-0.2, 0) is 12.8 Å². The third kappa shape index (κ3) is 3.65. The van der Waals surface area contributed by atoms with Crippen molar-refractivity contribution < 1.29 is 4.74 Å². The van der Waals surface area contributed by atoms with Crippen molar-refractivity contribution in [2.24, 2.45) is 0 Å². The van der Waals surface area contributed by atoms with Crippen molar-refractivity contribution in [2.45, 2.75) is 38.2 Å². The highest BCUT2D eigenvalue weighted by atomic mass is 16.5. The summed E-state index contributed by atoms with van der Waals surface area (Å²) in [4.78, 5) is 11.2. The van der Waals surface area contributed by atoms with Crippen LogP contribution in [-0.4, -0.2) is 29.2 Å². The predicted octanol–water partition coefficient (Wildman–Crippen LogP) is 4.26. The number of piperidine rings is 1. The fraction of sp³-hybridized carbons (Fsp3) is 0.333. The highest BCUT2D eigenvalue weighted by Crippen LogP contribution is 2.36. The van der Waals surface area contributed by atoms with Gasteiger partial charge in [-0.3, -0.25) is 0 Å². The SMILES string of the molecule is Nc1c(-c2ccnc(OC3CCN(c4ccccn4)CC3)c2)ccc2c1CCC2. The summed E-state index contributed by atoms with van der Waals surface area (Å²) in [5, 5.41) is 0. The molecule has 1 aliphatic heterocycles. The summed E-state index contributed by atoms with van der Waals surface area (Å²) in [5.41, 5.74) is 12.3. The molecular formula is C24H26N4O. The number of nitrogens with zero attached hydrogens (tertiary/aromatic N) is 3. The molecule has 2 aromatic heterocycles. The lowest BCUT2D eigenvalue weighted by atomic mass is 9.98. The molecule has 1 aliphatic carbocycles. The van der Waals surface area contributed by atoms with Crippen LogP contribution < -0.4 is 15.4 Å². The van der Waals surface area contributed by atoms with Gasteiger partial charge in [0.2, 0.25) is 5.88 Å². The molecule has 1 fully saturated rings. The molecule has 5 rings (SSSR count). The van der Waals surface area contributed by atoms with E-state index in [2.05, 4.69) is 33.1 Å². The van der Waals surface area contributed by atoms with Crippen LogP contribution in [0.4, 0.5) is 11.5 Å². The number of aryl methyl sites for hydroxylation is 1. The fourth-order valence-electron chi connectivity index (χ4n) is 4.50. The lowest BCUT2D eigenvalue weighted by Gasteiger charge is -2.32. The summed E-state index contributed by atoms with van der Waals surface area (Å²) in [7, 11) is 0. The van der Waals surface area contributed by atoms with E-state index in [1.54, 1.807) is 0 Å². The Kier molecular flexibility index (Phi) is 4.80. The standard InChI is InChI=1S/C24H26N4O/c25-24-20-5-3-4-17(20)7-8-21(24)18-9-13-27-23(16-18)29-19-10-14-28(15-11-19)22-6-1-2-12-26-22/h1-2,6-9,12-13,16,19H,3-5,10-11,14-15,25H2. The van der Waals surface area contributed by atoms with E-state index in [0.717, 1.165) is 61.4 Å². The maximum atomic E-state index is 6.50. The molecule has 2 N–H and O–H groups in total. The van der Waals surface area contributed by atoms with E-state index >= 15 is 0 Å².